The molecule has 3 aromatic carbocycles. The van der Waals surface area contributed by atoms with Crippen molar-refractivity contribution in [3.05, 3.63) is 87.9 Å². The van der Waals surface area contributed by atoms with E-state index in [-0.39, 0.29) is 11.3 Å². The third-order valence-electron chi connectivity index (χ3n) is 6.09. The molecule has 0 unspecified atom stereocenters. The number of carbonyl (C=O) groups excluding carboxylic acids is 2. The minimum absolute atomic E-state index is 0.0243. The molecule has 1 aliphatic heterocycles. The lowest BCUT2D eigenvalue weighted by Crippen LogP contribution is -2.29. The number of rotatable bonds is 5. The quantitative estimate of drug-likeness (QED) is 0.200. The molecule has 1 amide bonds. The van der Waals surface area contributed by atoms with Crippen molar-refractivity contribution >= 4 is 55.7 Å². The van der Waals surface area contributed by atoms with Crippen LogP contribution in [0.2, 0.25) is 5.02 Å². The SMILES string of the molecule is COc1ccc2nc(N3C(=O)C(=O)/C(=C(/O)c4ccc(OC)c(C)c4)[C@H]3c3ccc(Cl)cc3)sc2c1. The molecule has 5 rings (SSSR count). The third kappa shape index (κ3) is 3.98. The van der Waals surface area contributed by atoms with Crippen LogP contribution in [0.25, 0.3) is 16.0 Å². The van der Waals surface area contributed by atoms with Crippen molar-refractivity contribution < 1.29 is 24.2 Å². The lowest BCUT2D eigenvalue weighted by atomic mass is 9.95. The summed E-state index contributed by atoms with van der Waals surface area (Å²) in [6.07, 6.45) is 0. The van der Waals surface area contributed by atoms with Crippen molar-refractivity contribution in [3.8, 4) is 11.5 Å². The second-order valence-electron chi connectivity index (χ2n) is 8.24. The molecule has 0 saturated carbocycles. The summed E-state index contributed by atoms with van der Waals surface area (Å²) in [4.78, 5) is 32.7. The molecule has 0 bridgehead atoms. The van der Waals surface area contributed by atoms with E-state index >= 15 is 0 Å². The maximum absolute atomic E-state index is 13.4. The lowest BCUT2D eigenvalue weighted by Gasteiger charge is -2.23. The first-order chi connectivity index (χ1) is 17.3. The normalized spacial score (nSPS) is 17.1. The van der Waals surface area contributed by atoms with Gasteiger partial charge in [-0.05, 0) is 66.6 Å². The molecule has 0 radical (unpaired) electrons. The van der Waals surface area contributed by atoms with E-state index in [0.29, 0.717) is 38.3 Å². The lowest BCUT2D eigenvalue weighted by molar-refractivity contribution is -0.132. The topological polar surface area (TPSA) is 89.0 Å². The Balaban J connectivity index is 1.71. The van der Waals surface area contributed by atoms with Crippen molar-refractivity contribution in [2.24, 2.45) is 0 Å². The number of amides is 1. The van der Waals surface area contributed by atoms with Crippen molar-refractivity contribution in [1.29, 1.82) is 0 Å². The van der Waals surface area contributed by atoms with Gasteiger partial charge >= 0.3 is 5.91 Å². The summed E-state index contributed by atoms with van der Waals surface area (Å²) in [6, 6.07) is 16.4. The zero-order valence-electron chi connectivity index (χ0n) is 19.6. The number of fused-ring (bicyclic) bond motifs is 1. The molecule has 7 nitrogen and oxygen atoms in total. The Morgan fingerprint density at radius 1 is 1.03 bits per heavy atom. The maximum Gasteiger partial charge on any atom is 0.301 e. The Morgan fingerprint density at radius 3 is 2.44 bits per heavy atom. The molecular weight excluding hydrogens is 500 g/mol. The van der Waals surface area contributed by atoms with Gasteiger partial charge in [0, 0.05) is 10.6 Å². The van der Waals surface area contributed by atoms with Gasteiger partial charge in [0.25, 0.3) is 5.78 Å². The average molecular weight is 521 g/mol. The number of carbonyl (C=O) groups is 2. The number of nitrogens with zero attached hydrogens (tertiary/aromatic N) is 2. The van der Waals surface area contributed by atoms with Gasteiger partial charge in [-0.1, -0.05) is 35.1 Å². The van der Waals surface area contributed by atoms with Crippen LogP contribution in [0.15, 0.2) is 66.2 Å². The van der Waals surface area contributed by atoms with Crippen molar-refractivity contribution in [2.75, 3.05) is 19.1 Å². The van der Waals surface area contributed by atoms with Crippen molar-refractivity contribution in [3.63, 3.8) is 0 Å². The first-order valence-electron chi connectivity index (χ1n) is 11.0. The van der Waals surface area contributed by atoms with Gasteiger partial charge in [-0.3, -0.25) is 14.5 Å². The van der Waals surface area contributed by atoms with Crippen LogP contribution in [-0.4, -0.2) is 36.0 Å². The van der Waals surface area contributed by atoms with E-state index in [1.165, 1.54) is 16.2 Å². The minimum Gasteiger partial charge on any atom is -0.507 e. The fraction of sp³-hybridized carbons (Fsp3) is 0.148. The van der Waals surface area contributed by atoms with Crippen molar-refractivity contribution in [1.82, 2.24) is 4.98 Å². The standard InChI is InChI=1S/C27H21ClN2O5S/c1-14-12-16(6-11-20(14)35-3)24(31)22-23(15-4-7-17(28)8-5-15)30(26(33)25(22)32)27-29-19-10-9-18(34-2)13-21(19)36-27/h4-13,23,31H,1-3H3/b24-22+/t23-/m1/s1. The number of aryl methyl sites for hydroxylation is 1. The van der Waals surface area contributed by atoms with E-state index in [4.69, 9.17) is 21.1 Å². The van der Waals surface area contributed by atoms with Crippen molar-refractivity contribution in [2.45, 2.75) is 13.0 Å². The average Bonchev–Trinajstić information content (AvgIpc) is 3.41. The van der Waals surface area contributed by atoms with E-state index in [1.54, 1.807) is 68.8 Å². The predicted molar refractivity (Wildman–Crippen MR) is 140 cm³/mol. The van der Waals surface area contributed by atoms with Crippen LogP contribution < -0.4 is 14.4 Å². The predicted octanol–water partition coefficient (Wildman–Crippen LogP) is 5.90. The fourth-order valence-electron chi connectivity index (χ4n) is 4.29. The number of anilines is 1. The number of hydrogen-bond donors (Lipinski definition) is 1. The van der Waals surface area contributed by atoms with Crippen LogP contribution in [-0.2, 0) is 9.59 Å². The summed E-state index contributed by atoms with van der Waals surface area (Å²) in [7, 11) is 3.13. The Labute approximate surface area is 216 Å². The number of aliphatic hydroxyl groups is 1. The summed E-state index contributed by atoms with van der Waals surface area (Å²) in [5.41, 5.74) is 2.43. The highest BCUT2D eigenvalue weighted by atomic mass is 35.5. The Bertz CT molecular complexity index is 1540. The van der Waals surface area contributed by atoms with Crippen LogP contribution in [0.5, 0.6) is 11.5 Å². The number of Topliss-reactive ketones (excluding diaryl/α,β-unsaturated/α-hetero) is 1. The van der Waals surface area contributed by atoms with Gasteiger partial charge in [0.2, 0.25) is 0 Å². The molecular formula is C27H21ClN2O5S. The molecule has 0 spiro atoms. The molecule has 2 heterocycles. The Kier molecular flexibility index (Phi) is 6.15. The number of hydrogen-bond acceptors (Lipinski definition) is 7. The molecule has 36 heavy (non-hydrogen) atoms. The van der Waals surface area contributed by atoms with Crippen LogP contribution in [0, 0.1) is 6.92 Å². The molecule has 1 N–H and O–H groups in total. The summed E-state index contributed by atoms with van der Waals surface area (Å²) >= 11 is 7.37. The molecule has 1 aliphatic rings. The first-order valence-corrected chi connectivity index (χ1v) is 12.2. The fourth-order valence-corrected chi connectivity index (χ4v) is 5.44. The molecule has 1 atom stereocenters. The monoisotopic (exact) mass is 520 g/mol. The molecule has 182 valence electrons. The summed E-state index contributed by atoms with van der Waals surface area (Å²) in [5, 5.41) is 12.2. The number of ether oxygens (including phenoxy) is 2. The number of benzene rings is 3. The molecule has 4 aromatic rings. The smallest absolute Gasteiger partial charge is 0.301 e. The molecule has 0 aliphatic carbocycles. The van der Waals surface area contributed by atoms with E-state index in [1.807, 2.05) is 13.0 Å². The Hall–Kier alpha value is -3.88. The zero-order chi connectivity index (χ0) is 25.6. The molecule has 9 heteroatoms. The minimum atomic E-state index is -0.896. The number of methoxy groups -OCH3 is 2. The highest BCUT2D eigenvalue weighted by molar-refractivity contribution is 7.22. The van der Waals surface area contributed by atoms with E-state index in [2.05, 4.69) is 4.98 Å². The van der Waals surface area contributed by atoms with Crippen LogP contribution in [0.4, 0.5) is 5.13 Å². The van der Waals surface area contributed by atoms with Crippen LogP contribution in [0.3, 0.4) is 0 Å². The van der Waals surface area contributed by atoms with Gasteiger partial charge in [-0.2, -0.15) is 0 Å². The van der Waals surface area contributed by atoms with Crippen LogP contribution in [0.1, 0.15) is 22.7 Å². The number of aromatic nitrogens is 1. The summed E-state index contributed by atoms with van der Waals surface area (Å²) in [6.45, 7) is 1.83. The van der Waals surface area contributed by atoms with Gasteiger partial charge in [0.15, 0.2) is 5.13 Å². The first kappa shape index (κ1) is 23.8. The van der Waals surface area contributed by atoms with E-state index < -0.39 is 17.7 Å². The zero-order valence-corrected chi connectivity index (χ0v) is 21.2. The summed E-state index contributed by atoms with van der Waals surface area (Å²) in [5.74, 6) is -0.537. The van der Waals surface area contributed by atoms with E-state index in [9.17, 15) is 14.7 Å². The number of halogens is 1. The Morgan fingerprint density at radius 2 is 1.78 bits per heavy atom. The number of thiazole rings is 1. The second kappa shape index (κ2) is 9.29. The molecule has 1 saturated heterocycles. The van der Waals surface area contributed by atoms with Gasteiger partial charge in [-0.15, -0.1) is 0 Å². The number of aliphatic hydroxyl groups excluding tert-OH is 1. The highest BCUT2D eigenvalue weighted by Gasteiger charge is 2.48. The van der Waals surface area contributed by atoms with Gasteiger partial charge in [0.1, 0.15) is 17.3 Å². The summed E-state index contributed by atoms with van der Waals surface area (Å²) < 4.78 is 11.4. The van der Waals surface area contributed by atoms with Gasteiger partial charge in [-0.25, -0.2) is 4.98 Å². The highest BCUT2D eigenvalue weighted by Crippen LogP contribution is 2.45. The maximum atomic E-state index is 13.4. The molecule has 1 aromatic heterocycles. The third-order valence-corrected chi connectivity index (χ3v) is 7.36. The van der Waals surface area contributed by atoms with Gasteiger partial charge < -0.3 is 14.6 Å². The molecule has 1 fully saturated rings. The van der Waals surface area contributed by atoms with E-state index in [0.717, 1.165) is 10.3 Å². The van der Waals surface area contributed by atoms with Crippen LogP contribution >= 0.6 is 22.9 Å². The second-order valence-corrected chi connectivity index (χ2v) is 9.68. The largest absolute Gasteiger partial charge is 0.507 e. The van der Waals surface area contributed by atoms with Gasteiger partial charge in [0.05, 0.1) is 36.1 Å². The number of ketones is 1.